The van der Waals surface area contributed by atoms with Crippen LogP contribution in [0.25, 0.3) is 0 Å². The maximum absolute atomic E-state index is 11.4. The van der Waals surface area contributed by atoms with Gasteiger partial charge in [0.1, 0.15) is 12.8 Å². The van der Waals surface area contributed by atoms with Crippen molar-refractivity contribution < 1.29 is 34.1 Å². The quantitative estimate of drug-likeness (QED) is 0.449. The van der Waals surface area contributed by atoms with E-state index in [1.807, 2.05) is 17.3 Å². The molecule has 9 nitrogen and oxygen atoms in total. The van der Waals surface area contributed by atoms with E-state index < -0.39 is 24.5 Å². The molecule has 3 atom stereocenters. The number of aliphatic hydroxyl groups excluding tert-OH is 1. The third-order valence-corrected chi connectivity index (χ3v) is 3.58. The number of aliphatic carboxylic acids is 1. The molecule has 2 aliphatic rings. The number of carboxylic acids is 1. The van der Waals surface area contributed by atoms with Crippen molar-refractivity contribution in [1.29, 1.82) is 0 Å². The molecule has 2 aliphatic heterocycles. The number of nitrogens with two attached hydrogens (primary N) is 1. The summed E-state index contributed by atoms with van der Waals surface area (Å²) in [5.74, 6) is -2.18. The molecule has 1 amide bonds. The van der Waals surface area contributed by atoms with Gasteiger partial charge >= 0.3 is 11.9 Å². The van der Waals surface area contributed by atoms with E-state index in [0.29, 0.717) is 0 Å². The Bertz CT molecular complexity index is 533. The van der Waals surface area contributed by atoms with Crippen molar-refractivity contribution in [2.45, 2.75) is 51.0 Å². The highest BCUT2D eigenvalue weighted by Gasteiger charge is 2.30. The van der Waals surface area contributed by atoms with Crippen LogP contribution < -0.4 is 5.73 Å². The summed E-state index contributed by atoms with van der Waals surface area (Å²) >= 11 is 0. The summed E-state index contributed by atoms with van der Waals surface area (Å²) < 4.78 is 10.8. The van der Waals surface area contributed by atoms with Gasteiger partial charge in [0.25, 0.3) is 0 Å². The minimum atomic E-state index is -1.73. The molecular weight excluding hydrogens is 332 g/mol. The molecular formula is C16H24N2O7. The van der Waals surface area contributed by atoms with Crippen LogP contribution in [0.2, 0.25) is 0 Å². The molecule has 140 valence electrons. The Labute approximate surface area is 145 Å². The normalized spacial score (nSPS) is 23.1. The summed E-state index contributed by atoms with van der Waals surface area (Å²) in [4.78, 5) is 32.4. The van der Waals surface area contributed by atoms with Gasteiger partial charge < -0.3 is 30.3 Å². The first-order valence-electron chi connectivity index (χ1n) is 7.86. The Morgan fingerprint density at radius 3 is 2.80 bits per heavy atom. The molecule has 0 aromatic carbocycles. The highest BCUT2D eigenvalue weighted by molar-refractivity contribution is 5.80. The molecule has 2 heterocycles. The topological polar surface area (TPSA) is 139 Å². The van der Waals surface area contributed by atoms with Gasteiger partial charge in [-0.2, -0.15) is 0 Å². The van der Waals surface area contributed by atoms with Crippen molar-refractivity contribution >= 4 is 18.3 Å². The van der Waals surface area contributed by atoms with Gasteiger partial charge in [-0.3, -0.25) is 9.59 Å². The average molecular weight is 356 g/mol. The summed E-state index contributed by atoms with van der Waals surface area (Å²) in [6, 6.07) is 0. The predicted molar refractivity (Wildman–Crippen MR) is 86.7 cm³/mol. The minimum Gasteiger partial charge on any atom is -0.479 e. The van der Waals surface area contributed by atoms with Crippen LogP contribution in [0.15, 0.2) is 24.0 Å². The van der Waals surface area contributed by atoms with Crippen LogP contribution in [0.3, 0.4) is 0 Å². The monoisotopic (exact) mass is 356 g/mol. The summed E-state index contributed by atoms with van der Waals surface area (Å²) in [6.07, 6.45) is 6.32. The summed E-state index contributed by atoms with van der Waals surface area (Å²) in [6.45, 7) is 2.13. The number of primary amides is 1. The van der Waals surface area contributed by atoms with Gasteiger partial charge in [0.2, 0.25) is 6.41 Å². The van der Waals surface area contributed by atoms with E-state index in [9.17, 15) is 9.59 Å². The number of rotatable bonds is 6. The highest BCUT2D eigenvalue weighted by atomic mass is 16.6. The van der Waals surface area contributed by atoms with Crippen molar-refractivity contribution in [3.63, 3.8) is 0 Å². The number of ether oxygens (including phenoxy) is 2. The van der Waals surface area contributed by atoms with Gasteiger partial charge in [0.05, 0.1) is 12.5 Å². The lowest BCUT2D eigenvalue weighted by Gasteiger charge is -2.27. The molecule has 0 bridgehead atoms. The summed E-state index contributed by atoms with van der Waals surface area (Å²) in [5.41, 5.74) is 5.42. The fraction of sp³-hybridized carbons (Fsp3) is 0.562. The first kappa shape index (κ1) is 20.7. The largest absolute Gasteiger partial charge is 0.479 e. The van der Waals surface area contributed by atoms with Crippen molar-refractivity contribution in [2.24, 2.45) is 5.73 Å². The number of nitrogens with zero attached hydrogens (tertiary/aromatic N) is 1. The SMILES string of the molecule is CC1=CN(C2CCC(COC(=O)CC(O)C(=O)O)O2)C=CC1.NC=O. The Morgan fingerprint density at radius 1 is 1.52 bits per heavy atom. The van der Waals surface area contributed by atoms with Crippen molar-refractivity contribution in [1.82, 2.24) is 4.90 Å². The van der Waals surface area contributed by atoms with E-state index in [0.717, 1.165) is 19.3 Å². The van der Waals surface area contributed by atoms with Crippen LogP contribution in [0.1, 0.15) is 32.6 Å². The number of hydrogen-bond acceptors (Lipinski definition) is 7. The van der Waals surface area contributed by atoms with Crippen molar-refractivity contribution in [3.05, 3.63) is 24.0 Å². The number of aliphatic hydroxyl groups is 1. The fourth-order valence-electron chi connectivity index (χ4n) is 2.41. The lowest BCUT2D eigenvalue weighted by Crippen LogP contribution is -2.30. The van der Waals surface area contributed by atoms with E-state index in [1.165, 1.54) is 5.57 Å². The van der Waals surface area contributed by atoms with Crippen molar-refractivity contribution in [2.75, 3.05) is 6.61 Å². The molecule has 4 N–H and O–H groups in total. The molecule has 0 aromatic heterocycles. The van der Waals surface area contributed by atoms with Gasteiger partial charge in [-0.1, -0.05) is 11.6 Å². The van der Waals surface area contributed by atoms with Crippen molar-refractivity contribution in [3.8, 4) is 0 Å². The number of carboxylic acid groups (broad SMARTS) is 1. The number of esters is 1. The third-order valence-electron chi connectivity index (χ3n) is 3.58. The van der Waals surface area contributed by atoms with Gasteiger partial charge in [-0.15, -0.1) is 0 Å². The zero-order chi connectivity index (χ0) is 18.8. The Morgan fingerprint density at radius 2 is 2.20 bits per heavy atom. The zero-order valence-corrected chi connectivity index (χ0v) is 14.0. The molecule has 0 spiro atoms. The summed E-state index contributed by atoms with van der Waals surface area (Å²) in [7, 11) is 0. The van der Waals surface area contributed by atoms with Crippen LogP contribution in [0.5, 0.6) is 0 Å². The second-order valence-electron chi connectivity index (χ2n) is 5.68. The molecule has 3 unspecified atom stereocenters. The molecule has 0 aromatic rings. The minimum absolute atomic E-state index is 0.0696. The van der Waals surface area contributed by atoms with Gasteiger partial charge in [0, 0.05) is 12.4 Å². The molecule has 1 saturated heterocycles. The van der Waals surface area contributed by atoms with Gasteiger partial charge in [-0.05, 0) is 26.2 Å². The Kier molecular flexibility index (Phi) is 8.65. The number of hydrogen-bond donors (Lipinski definition) is 3. The number of amides is 1. The molecule has 1 fully saturated rings. The highest BCUT2D eigenvalue weighted by Crippen LogP contribution is 2.26. The molecule has 25 heavy (non-hydrogen) atoms. The second kappa shape index (κ2) is 10.5. The zero-order valence-electron chi connectivity index (χ0n) is 14.0. The Hall–Kier alpha value is -2.39. The fourth-order valence-corrected chi connectivity index (χ4v) is 2.41. The first-order valence-corrected chi connectivity index (χ1v) is 7.86. The maximum atomic E-state index is 11.4. The number of carbonyl (C=O) groups is 3. The summed E-state index contributed by atoms with van der Waals surface area (Å²) in [5, 5.41) is 17.6. The van der Waals surface area contributed by atoms with E-state index in [4.69, 9.17) is 24.5 Å². The predicted octanol–water partition coefficient (Wildman–Crippen LogP) is 0.0950. The standard InChI is InChI=1S/C15H21NO6.CH3NO/c1-10-3-2-6-16(8-10)13-5-4-11(22-13)9-21-14(18)7-12(17)15(19)20;2-1-3/h2,6,8,11-13,17H,3-5,7,9H2,1H3,(H,19,20);1H,(H2,2,3). The third kappa shape index (κ3) is 7.36. The second-order valence-corrected chi connectivity index (χ2v) is 5.68. The van der Waals surface area contributed by atoms with Crippen LogP contribution >= 0.6 is 0 Å². The maximum Gasteiger partial charge on any atom is 0.333 e. The van der Waals surface area contributed by atoms with Crippen LogP contribution in [0, 0.1) is 0 Å². The van der Waals surface area contributed by atoms with E-state index in [-0.39, 0.29) is 25.3 Å². The first-order chi connectivity index (χ1) is 11.9. The van der Waals surface area contributed by atoms with E-state index in [1.54, 1.807) is 0 Å². The molecule has 2 rings (SSSR count). The number of carbonyl (C=O) groups excluding carboxylic acids is 2. The van der Waals surface area contributed by atoms with Gasteiger partial charge in [0.15, 0.2) is 6.10 Å². The lowest BCUT2D eigenvalue weighted by atomic mass is 10.2. The van der Waals surface area contributed by atoms with E-state index in [2.05, 4.69) is 18.7 Å². The molecule has 0 radical (unpaired) electrons. The van der Waals surface area contributed by atoms with Crippen LogP contribution in [-0.2, 0) is 23.9 Å². The van der Waals surface area contributed by atoms with Crippen LogP contribution in [0.4, 0.5) is 0 Å². The lowest BCUT2D eigenvalue weighted by molar-refractivity contribution is -0.158. The molecule has 0 saturated carbocycles. The Balaban J connectivity index is 0.000000970. The van der Waals surface area contributed by atoms with E-state index >= 15 is 0 Å². The molecule has 0 aliphatic carbocycles. The smallest absolute Gasteiger partial charge is 0.333 e. The van der Waals surface area contributed by atoms with Crippen LogP contribution in [-0.4, -0.2) is 58.5 Å². The molecule has 9 heteroatoms. The average Bonchev–Trinajstić information content (AvgIpc) is 3.02. The number of allylic oxidation sites excluding steroid dienone is 2. The van der Waals surface area contributed by atoms with Gasteiger partial charge in [-0.25, -0.2) is 4.79 Å².